The molecule has 1 aromatic heterocycles. The Bertz CT molecular complexity index is 656. The van der Waals surface area contributed by atoms with E-state index in [1.54, 1.807) is 7.11 Å². The minimum Gasteiger partial charge on any atom is -0.384 e. The number of likely N-dealkylation sites (tertiary alicyclic amines) is 1. The van der Waals surface area contributed by atoms with Crippen molar-refractivity contribution in [1.82, 2.24) is 15.0 Å². The molecule has 1 aromatic carbocycles. The minimum absolute atomic E-state index is 0.00143. The van der Waals surface area contributed by atoms with E-state index in [4.69, 9.17) is 9.26 Å². The zero-order chi connectivity index (χ0) is 16.2. The highest BCUT2D eigenvalue weighted by molar-refractivity contribution is 5.79. The molecule has 0 bridgehead atoms. The van der Waals surface area contributed by atoms with Crippen molar-refractivity contribution in [1.29, 1.82) is 0 Å². The van der Waals surface area contributed by atoms with Crippen LogP contribution < -0.4 is 0 Å². The quantitative estimate of drug-likeness (QED) is 0.818. The van der Waals surface area contributed by atoms with Crippen molar-refractivity contribution in [3.05, 3.63) is 47.6 Å². The fourth-order valence-corrected chi connectivity index (χ4v) is 2.84. The number of rotatable bonds is 6. The van der Waals surface area contributed by atoms with Gasteiger partial charge in [0.2, 0.25) is 11.8 Å². The molecule has 1 saturated heterocycles. The summed E-state index contributed by atoms with van der Waals surface area (Å²) in [6.07, 6.45) is 0.435. The fraction of sp³-hybridized carbons (Fsp3) is 0.471. The van der Waals surface area contributed by atoms with E-state index in [-0.39, 0.29) is 17.7 Å². The summed E-state index contributed by atoms with van der Waals surface area (Å²) in [4.78, 5) is 18.5. The van der Waals surface area contributed by atoms with E-state index in [1.807, 2.05) is 42.2 Å². The molecule has 0 radical (unpaired) electrons. The minimum atomic E-state index is -0.00143. The number of carbonyl (C=O) groups is 1. The van der Waals surface area contributed by atoms with E-state index in [2.05, 4.69) is 10.1 Å². The van der Waals surface area contributed by atoms with Crippen LogP contribution in [-0.4, -0.2) is 41.2 Å². The van der Waals surface area contributed by atoms with Crippen molar-refractivity contribution in [3.63, 3.8) is 0 Å². The first-order valence-corrected chi connectivity index (χ1v) is 7.81. The number of hydrogen-bond donors (Lipinski definition) is 0. The third-order valence-corrected chi connectivity index (χ3v) is 4.09. The lowest BCUT2D eigenvalue weighted by Crippen LogP contribution is -2.24. The Morgan fingerprint density at radius 2 is 2.17 bits per heavy atom. The largest absolute Gasteiger partial charge is 0.384 e. The molecule has 122 valence electrons. The SMILES string of the molecule is COCC(C)c1nc(C2CC(=O)N(Cc3ccccc3)C2)no1. The average Bonchev–Trinajstić information content (AvgIpc) is 3.16. The van der Waals surface area contributed by atoms with Gasteiger partial charge in [-0.25, -0.2) is 0 Å². The average molecular weight is 315 g/mol. The Hall–Kier alpha value is -2.21. The van der Waals surface area contributed by atoms with E-state index in [1.165, 1.54) is 0 Å². The van der Waals surface area contributed by atoms with Crippen LogP contribution >= 0.6 is 0 Å². The van der Waals surface area contributed by atoms with Crippen molar-refractivity contribution in [3.8, 4) is 0 Å². The van der Waals surface area contributed by atoms with Crippen LogP contribution in [0.25, 0.3) is 0 Å². The number of aromatic nitrogens is 2. The summed E-state index contributed by atoms with van der Waals surface area (Å²) in [5, 5.41) is 4.06. The molecular formula is C17H21N3O3. The lowest BCUT2D eigenvalue weighted by molar-refractivity contribution is -0.128. The van der Waals surface area contributed by atoms with E-state index in [0.717, 1.165) is 5.56 Å². The van der Waals surface area contributed by atoms with Gasteiger partial charge in [0.05, 0.1) is 12.5 Å². The van der Waals surface area contributed by atoms with E-state index >= 15 is 0 Å². The summed E-state index contributed by atoms with van der Waals surface area (Å²) in [7, 11) is 1.64. The number of benzene rings is 1. The maximum Gasteiger partial charge on any atom is 0.231 e. The molecule has 1 aliphatic heterocycles. The molecule has 1 amide bonds. The number of carbonyl (C=O) groups excluding carboxylic acids is 1. The predicted molar refractivity (Wildman–Crippen MR) is 83.8 cm³/mol. The first-order valence-electron chi connectivity index (χ1n) is 7.81. The summed E-state index contributed by atoms with van der Waals surface area (Å²) in [6.45, 7) is 3.76. The molecule has 6 nitrogen and oxygen atoms in total. The zero-order valence-corrected chi connectivity index (χ0v) is 13.4. The molecular weight excluding hydrogens is 294 g/mol. The summed E-state index contributed by atoms with van der Waals surface area (Å²) in [5.74, 6) is 1.37. The maximum atomic E-state index is 12.2. The van der Waals surface area contributed by atoms with Crippen LogP contribution in [0.4, 0.5) is 0 Å². The molecule has 0 N–H and O–H groups in total. The third kappa shape index (κ3) is 3.59. The van der Waals surface area contributed by atoms with Crippen molar-refractivity contribution < 1.29 is 14.1 Å². The van der Waals surface area contributed by atoms with Crippen LogP contribution in [0, 0.1) is 0 Å². The molecule has 2 unspecified atom stereocenters. The Kier molecular flexibility index (Phi) is 4.71. The lowest BCUT2D eigenvalue weighted by Gasteiger charge is -2.15. The van der Waals surface area contributed by atoms with Crippen LogP contribution in [-0.2, 0) is 16.1 Å². The summed E-state index contributed by atoms with van der Waals surface area (Å²) >= 11 is 0. The third-order valence-electron chi connectivity index (χ3n) is 4.09. The molecule has 2 aromatic rings. The Labute approximate surface area is 135 Å². The fourth-order valence-electron chi connectivity index (χ4n) is 2.84. The number of methoxy groups -OCH3 is 1. The van der Waals surface area contributed by atoms with Gasteiger partial charge in [-0.1, -0.05) is 42.4 Å². The molecule has 2 heterocycles. The molecule has 2 atom stereocenters. The predicted octanol–water partition coefficient (Wildman–Crippen LogP) is 2.34. The smallest absolute Gasteiger partial charge is 0.231 e. The zero-order valence-electron chi connectivity index (χ0n) is 13.4. The summed E-state index contributed by atoms with van der Waals surface area (Å²) in [6, 6.07) is 9.99. The monoisotopic (exact) mass is 315 g/mol. The standard InChI is InChI=1S/C17H21N3O3/c1-12(11-22-2)17-18-16(19-23-17)14-8-15(21)20(10-14)9-13-6-4-3-5-7-13/h3-7,12,14H,8-11H2,1-2H3. The second kappa shape index (κ2) is 6.91. The highest BCUT2D eigenvalue weighted by Gasteiger charge is 2.34. The second-order valence-corrected chi connectivity index (χ2v) is 6.01. The second-order valence-electron chi connectivity index (χ2n) is 6.01. The van der Waals surface area contributed by atoms with Crippen molar-refractivity contribution in [2.75, 3.05) is 20.3 Å². The highest BCUT2D eigenvalue weighted by Crippen LogP contribution is 2.28. The molecule has 1 fully saturated rings. The van der Waals surface area contributed by atoms with Gasteiger partial charge in [-0.3, -0.25) is 4.79 Å². The van der Waals surface area contributed by atoms with Crippen LogP contribution in [0.5, 0.6) is 0 Å². The van der Waals surface area contributed by atoms with Gasteiger partial charge in [0.1, 0.15) is 0 Å². The number of ether oxygens (including phenoxy) is 1. The normalized spacial score (nSPS) is 19.3. The van der Waals surface area contributed by atoms with E-state index < -0.39 is 0 Å². The first kappa shape index (κ1) is 15.7. The van der Waals surface area contributed by atoms with Gasteiger partial charge in [0.25, 0.3) is 0 Å². The molecule has 23 heavy (non-hydrogen) atoms. The molecule has 0 spiro atoms. The summed E-state index contributed by atoms with van der Waals surface area (Å²) < 4.78 is 10.4. The Morgan fingerprint density at radius 3 is 2.91 bits per heavy atom. The molecule has 3 rings (SSSR count). The van der Waals surface area contributed by atoms with Gasteiger partial charge in [0, 0.05) is 32.5 Å². The highest BCUT2D eigenvalue weighted by atomic mass is 16.5. The lowest BCUT2D eigenvalue weighted by atomic mass is 10.1. The van der Waals surface area contributed by atoms with Crippen molar-refractivity contribution in [2.24, 2.45) is 0 Å². The van der Waals surface area contributed by atoms with Gasteiger partial charge in [-0.2, -0.15) is 4.98 Å². The van der Waals surface area contributed by atoms with Gasteiger partial charge >= 0.3 is 0 Å². The van der Waals surface area contributed by atoms with Crippen molar-refractivity contribution >= 4 is 5.91 Å². The van der Waals surface area contributed by atoms with Gasteiger partial charge in [-0.05, 0) is 5.56 Å². The number of nitrogens with zero attached hydrogens (tertiary/aromatic N) is 3. The van der Waals surface area contributed by atoms with Crippen LogP contribution in [0.2, 0.25) is 0 Å². The van der Waals surface area contributed by atoms with E-state index in [9.17, 15) is 4.79 Å². The van der Waals surface area contributed by atoms with Crippen LogP contribution in [0.15, 0.2) is 34.9 Å². The Morgan fingerprint density at radius 1 is 1.39 bits per heavy atom. The molecule has 0 aliphatic carbocycles. The van der Waals surface area contributed by atoms with Gasteiger partial charge in [0.15, 0.2) is 5.82 Å². The maximum absolute atomic E-state index is 12.2. The molecule has 1 aliphatic rings. The van der Waals surface area contributed by atoms with Gasteiger partial charge in [-0.15, -0.1) is 0 Å². The number of hydrogen-bond acceptors (Lipinski definition) is 5. The van der Waals surface area contributed by atoms with Crippen LogP contribution in [0.1, 0.15) is 42.5 Å². The van der Waals surface area contributed by atoms with Crippen molar-refractivity contribution in [2.45, 2.75) is 31.7 Å². The topological polar surface area (TPSA) is 68.5 Å². The molecule has 6 heteroatoms. The number of amides is 1. The van der Waals surface area contributed by atoms with Crippen LogP contribution in [0.3, 0.4) is 0 Å². The van der Waals surface area contributed by atoms with E-state index in [0.29, 0.717) is 37.8 Å². The molecule has 0 saturated carbocycles. The summed E-state index contributed by atoms with van der Waals surface area (Å²) in [5.41, 5.74) is 1.13. The Balaban J connectivity index is 1.65. The van der Waals surface area contributed by atoms with Gasteiger partial charge < -0.3 is 14.2 Å². The first-order chi connectivity index (χ1) is 11.2.